The summed E-state index contributed by atoms with van der Waals surface area (Å²) >= 11 is 0. The molecule has 0 saturated heterocycles. The fourth-order valence-electron chi connectivity index (χ4n) is 2.96. The number of sulfonamides is 1. The molecule has 2 aromatic carbocycles. The summed E-state index contributed by atoms with van der Waals surface area (Å²) in [6.07, 6.45) is 3.56. The zero-order valence-corrected chi connectivity index (χ0v) is 14.7. The lowest BCUT2D eigenvalue weighted by molar-refractivity contribution is 0.102. The molecule has 3 rings (SSSR count). The minimum Gasteiger partial charge on any atom is -0.322 e. The van der Waals surface area contributed by atoms with Crippen molar-refractivity contribution < 1.29 is 22.0 Å². The summed E-state index contributed by atoms with van der Waals surface area (Å²) in [6.45, 7) is 0. The molecular formula is C18H18F2N2O3S. The van der Waals surface area contributed by atoms with Crippen LogP contribution in [-0.4, -0.2) is 20.4 Å². The summed E-state index contributed by atoms with van der Waals surface area (Å²) in [7, 11) is -3.74. The zero-order chi connectivity index (χ0) is 18.7. The van der Waals surface area contributed by atoms with E-state index in [2.05, 4.69) is 10.0 Å². The van der Waals surface area contributed by atoms with Crippen LogP contribution in [0.1, 0.15) is 36.0 Å². The number of nitrogens with one attached hydrogen (secondary N) is 2. The smallest absolute Gasteiger partial charge is 0.255 e. The van der Waals surface area contributed by atoms with Gasteiger partial charge in [-0.25, -0.2) is 21.9 Å². The third kappa shape index (κ3) is 4.44. The van der Waals surface area contributed by atoms with Crippen LogP contribution in [0, 0.1) is 11.6 Å². The van der Waals surface area contributed by atoms with Gasteiger partial charge in [-0.05, 0) is 43.2 Å². The molecule has 2 aromatic rings. The number of halogens is 2. The molecule has 0 radical (unpaired) electrons. The molecule has 0 bridgehead atoms. The highest BCUT2D eigenvalue weighted by molar-refractivity contribution is 7.89. The van der Waals surface area contributed by atoms with E-state index < -0.39 is 27.6 Å². The third-order valence-electron chi connectivity index (χ3n) is 4.20. The van der Waals surface area contributed by atoms with Gasteiger partial charge >= 0.3 is 0 Å². The summed E-state index contributed by atoms with van der Waals surface area (Å²) in [5, 5.41) is 2.36. The van der Waals surface area contributed by atoms with Gasteiger partial charge in [0.15, 0.2) is 0 Å². The number of rotatable bonds is 5. The quantitative estimate of drug-likeness (QED) is 0.834. The van der Waals surface area contributed by atoms with Gasteiger partial charge in [0.25, 0.3) is 5.91 Å². The van der Waals surface area contributed by atoms with Gasteiger partial charge in [-0.15, -0.1) is 0 Å². The summed E-state index contributed by atoms with van der Waals surface area (Å²) < 4.78 is 54.0. The molecule has 1 amide bonds. The first-order valence-corrected chi connectivity index (χ1v) is 9.72. The van der Waals surface area contributed by atoms with Crippen LogP contribution >= 0.6 is 0 Å². The molecule has 0 aromatic heterocycles. The van der Waals surface area contributed by atoms with Gasteiger partial charge in [-0.1, -0.05) is 18.9 Å². The Morgan fingerprint density at radius 2 is 1.65 bits per heavy atom. The van der Waals surface area contributed by atoms with Crippen LogP contribution in [0.5, 0.6) is 0 Å². The third-order valence-corrected chi connectivity index (χ3v) is 5.72. The molecule has 8 heteroatoms. The van der Waals surface area contributed by atoms with Crippen LogP contribution in [-0.2, 0) is 10.0 Å². The standard InChI is InChI=1S/C18H18F2N2O3S/c19-13-9-14(20)11-16(10-13)21-18(23)12-4-3-7-17(8-12)26(24,25)22-15-5-1-2-6-15/h3-4,7-11,15,22H,1-2,5-6H2,(H,21,23). The second kappa shape index (κ2) is 7.51. The van der Waals surface area contributed by atoms with E-state index in [1.807, 2.05) is 0 Å². The molecule has 0 heterocycles. The molecule has 0 atom stereocenters. The van der Waals surface area contributed by atoms with Crippen LogP contribution in [0.25, 0.3) is 0 Å². The summed E-state index contributed by atoms with van der Waals surface area (Å²) in [4.78, 5) is 12.3. The normalized spacial score (nSPS) is 15.2. The molecule has 138 valence electrons. The molecule has 1 aliphatic carbocycles. The fraction of sp³-hybridized carbons (Fsp3) is 0.278. The maximum Gasteiger partial charge on any atom is 0.255 e. The summed E-state index contributed by atoms with van der Waals surface area (Å²) in [6, 6.07) is 8.07. The number of anilines is 1. The molecule has 0 spiro atoms. The number of amides is 1. The lowest BCUT2D eigenvalue weighted by Crippen LogP contribution is -2.32. The van der Waals surface area contributed by atoms with Crippen LogP contribution in [0.4, 0.5) is 14.5 Å². The Hall–Kier alpha value is -2.32. The topological polar surface area (TPSA) is 75.3 Å². The second-order valence-electron chi connectivity index (χ2n) is 6.24. The lowest BCUT2D eigenvalue weighted by Gasteiger charge is -2.13. The summed E-state index contributed by atoms with van der Waals surface area (Å²) in [5.74, 6) is -2.30. The van der Waals surface area contributed by atoms with Crippen molar-refractivity contribution in [3.05, 3.63) is 59.7 Å². The highest BCUT2D eigenvalue weighted by atomic mass is 32.2. The van der Waals surface area contributed by atoms with Crippen molar-refractivity contribution in [2.75, 3.05) is 5.32 Å². The summed E-state index contributed by atoms with van der Waals surface area (Å²) in [5.41, 5.74) is 0.0220. The Morgan fingerprint density at radius 1 is 1.00 bits per heavy atom. The van der Waals surface area contributed by atoms with Crippen LogP contribution < -0.4 is 10.0 Å². The molecule has 2 N–H and O–H groups in total. The van der Waals surface area contributed by atoms with E-state index in [0.717, 1.165) is 37.8 Å². The SMILES string of the molecule is O=C(Nc1cc(F)cc(F)c1)c1cccc(S(=O)(=O)NC2CCCC2)c1. The monoisotopic (exact) mass is 380 g/mol. The first-order valence-electron chi connectivity index (χ1n) is 8.23. The van der Waals surface area contributed by atoms with E-state index in [4.69, 9.17) is 0 Å². The predicted molar refractivity (Wildman–Crippen MR) is 93.3 cm³/mol. The van der Waals surface area contributed by atoms with Gasteiger partial charge in [0.2, 0.25) is 10.0 Å². The van der Waals surface area contributed by atoms with Crippen molar-refractivity contribution in [1.29, 1.82) is 0 Å². The molecule has 26 heavy (non-hydrogen) atoms. The van der Waals surface area contributed by atoms with Gasteiger partial charge < -0.3 is 5.32 Å². The van der Waals surface area contributed by atoms with Crippen molar-refractivity contribution in [3.8, 4) is 0 Å². The Kier molecular flexibility index (Phi) is 5.33. The van der Waals surface area contributed by atoms with Crippen molar-refractivity contribution in [3.63, 3.8) is 0 Å². The number of carbonyl (C=O) groups is 1. The Morgan fingerprint density at radius 3 is 2.31 bits per heavy atom. The first-order chi connectivity index (χ1) is 12.3. The van der Waals surface area contributed by atoms with E-state index in [1.165, 1.54) is 24.3 Å². The molecule has 0 unspecified atom stereocenters. The Bertz CT molecular complexity index is 906. The van der Waals surface area contributed by atoms with Gasteiger partial charge in [0, 0.05) is 23.4 Å². The van der Waals surface area contributed by atoms with E-state index in [0.29, 0.717) is 6.07 Å². The number of benzene rings is 2. The number of hydrogen-bond donors (Lipinski definition) is 2. The van der Waals surface area contributed by atoms with Gasteiger partial charge in [-0.2, -0.15) is 0 Å². The fourth-order valence-corrected chi connectivity index (χ4v) is 4.32. The molecular weight excluding hydrogens is 362 g/mol. The molecule has 0 aliphatic heterocycles. The maximum absolute atomic E-state index is 13.2. The number of hydrogen-bond acceptors (Lipinski definition) is 3. The minimum atomic E-state index is -3.74. The van der Waals surface area contributed by atoms with Gasteiger partial charge in [0.05, 0.1) is 4.90 Å². The van der Waals surface area contributed by atoms with Crippen LogP contribution in [0.2, 0.25) is 0 Å². The van der Waals surface area contributed by atoms with E-state index in [-0.39, 0.29) is 22.2 Å². The maximum atomic E-state index is 13.2. The van der Waals surface area contributed by atoms with E-state index in [1.54, 1.807) is 0 Å². The van der Waals surface area contributed by atoms with E-state index in [9.17, 15) is 22.0 Å². The molecule has 1 saturated carbocycles. The van der Waals surface area contributed by atoms with Gasteiger partial charge in [0.1, 0.15) is 11.6 Å². The molecule has 1 aliphatic rings. The van der Waals surface area contributed by atoms with Crippen molar-refractivity contribution in [1.82, 2.24) is 4.72 Å². The van der Waals surface area contributed by atoms with Crippen molar-refractivity contribution in [2.24, 2.45) is 0 Å². The minimum absolute atomic E-state index is 0.0255. The molecule has 5 nitrogen and oxygen atoms in total. The van der Waals surface area contributed by atoms with E-state index >= 15 is 0 Å². The highest BCUT2D eigenvalue weighted by Gasteiger charge is 2.23. The predicted octanol–water partition coefficient (Wildman–Crippen LogP) is 3.44. The van der Waals surface area contributed by atoms with Crippen LogP contribution in [0.3, 0.4) is 0 Å². The average Bonchev–Trinajstić information content (AvgIpc) is 3.06. The van der Waals surface area contributed by atoms with Crippen molar-refractivity contribution in [2.45, 2.75) is 36.6 Å². The Balaban J connectivity index is 1.78. The van der Waals surface area contributed by atoms with Gasteiger partial charge in [-0.3, -0.25) is 4.79 Å². The lowest BCUT2D eigenvalue weighted by atomic mass is 10.2. The first kappa shape index (κ1) is 18.5. The Labute approximate surface area is 150 Å². The average molecular weight is 380 g/mol. The second-order valence-corrected chi connectivity index (χ2v) is 7.96. The molecule has 1 fully saturated rings. The zero-order valence-electron chi connectivity index (χ0n) is 13.8. The largest absolute Gasteiger partial charge is 0.322 e. The number of carbonyl (C=O) groups excluding carboxylic acids is 1. The highest BCUT2D eigenvalue weighted by Crippen LogP contribution is 2.21. The van der Waals surface area contributed by atoms with Crippen LogP contribution in [0.15, 0.2) is 47.4 Å². The van der Waals surface area contributed by atoms with Crippen molar-refractivity contribution >= 4 is 21.6 Å².